The average molecular weight is 292 g/mol. The number of benzene rings is 2. The van der Waals surface area contributed by atoms with Gasteiger partial charge in [0.15, 0.2) is 0 Å². The fourth-order valence-electron chi connectivity index (χ4n) is 2.71. The molecule has 2 nitrogen and oxygen atoms in total. The lowest BCUT2D eigenvalue weighted by atomic mass is 9.88. The highest BCUT2D eigenvalue weighted by Crippen LogP contribution is 2.34. The molecule has 20 heavy (non-hydrogen) atoms. The third-order valence-electron chi connectivity index (χ3n) is 3.75. The van der Waals surface area contributed by atoms with Gasteiger partial charge in [0, 0.05) is 0 Å². The number of aliphatic hydroxyl groups is 1. The van der Waals surface area contributed by atoms with E-state index in [4.69, 9.17) is 11.6 Å². The average Bonchev–Trinajstić information content (AvgIpc) is 2.49. The molecule has 3 rings (SSSR count). The Labute approximate surface area is 122 Å². The van der Waals surface area contributed by atoms with Crippen molar-refractivity contribution in [3.05, 3.63) is 70.0 Å². The summed E-state index contributed by atoms with van der Waals surface area (Å²) in [4.78, 5) is 0. The summed E-state index contributed by atoms with van der Waals surface area (Å²) in [5, 5.41) is 13.9. The van der Waals surface area contributed by atoms with Gasteiger partial charge in [0.05, 0.1) is 17.2 Å². The Balaban J connectivity index is 1.95. The molecule has 1 aliphatic heterocycles. The molecule has 2 aromatic carbocycles. The standard InChI is InChI=1S/C16H15ClFNO/c17-13-9-11(5-6-14(13)18)16(20)15-12-4-2-1-3-10(12)7-8-19-15/h1-6,9,15-16,19-20H,7-8H2. The first kappa shape index (κ1) is 13.6. The van der Waals surface area contributed by atoms with Crippen molar-refractivity contribution < 1.29 is 9.50 Å². The molecule has 0 aromatic heterocycles. The first-order valence-corrected chi connectivity index (χ1v) is 6.99. The lowest BCUT2D eigenvalue weighted by molar-refractivity contribution is 0.125. The van der Waals surface area contributed by atoms with Gasteiger partial charge in [-0.15, -0.1) is 0 Å². The second-order valence-electron chi connectivity index (χ2n) is 5.00. The molecule has 0 spiro atoms. The molecule has 2 unspecified atom stereocenters. The topological polar surface area (TPSA) is 32.3 Å². The number of aliphatic hydroxyl groups excluding tert-OH is 1. The maximum absolute atomic E-state index is 13.2. The predicted octanol–water partition coefficient (Wildman–Crippen LogP) is 3.40. The first-order chi connectivity index (χ1) is 9.66. The molecule has 2 atom stereocenters. The first-order valence-electron chi connectivity index (χ1n) is 6.61. The van der Waals surface area contributed by atoms with Gasteiger partial charge in [0.2, 0.25) is 0 Å². The molecule has 0 aliphatic carbocycles. The molecule has 1 aliphatic rings. The maximum Gasteiger partial charge on any atom is 0.141 e. The van der Waals surface area contributed by atoms with E-state index in [1.807, 2.05) is 18.2 Å². The van der Waals surface area contributed by atoms with Crippen molar-refractivity contribution >= 4 is 11.6 Å². The minimum absolute atomic E-state index is 0.0330. The van der Waals surface area contributed by atoms with Crippen LogP contribution in [-0.2, 0) is 6.42 Å². The van der Waals surface area contributed by atoms with E-state index in [-0.39, 0.29) is 11.1 Å². The SMILES string of the molecule is OC(c1ccc(F)c(Cl)c1)C1NCCc2ccccc21. The van der Waals surface area contributed by atoms with Crippen LogP contribution in [0.15, 0.2) is 42.5 Å². The molecule has 0 saturated carbocycles. The van der Waals surface area contributed by atoms with E-state index < -0.39 is 11.9 Å². The van der Waals surface area contributed by atoms with E-state index in [9.17, 15) is 9.50 Å². The van der Waals surface area contributed by atoms with Crippen LogP contribution in [0.3, 0.4) is 0 Å². The Hall–Kier alpha value is -1.42. The van der Waals surface area contributed by atoms with Crippen molar-refractivity contribution in [1.29, 1.82) is 0 Å². The van der Waals surface area contributed by atoms with Crippen molar-refractivity contribution in [3.63, 3.8) is 0 Å². The largest absolute Gasteiger partial charge is 0.386 e. The van der Waals surface area contributed by atoms with Crippen LogP contribution in [0.5, 0.6) is 0 Å². The third kappa shape index (κ3) is 2.44. The zero-order valence-electron chi connectivity index (χ0n) is 10.8. The number of hydrogen-bond donors (Lipinski definition) is 2. The van der Waals surface area contributed by atoms with Gasteiger partial charge in [-0.05, 0) is 41.8 Å². The van der Waals surface area contributed by atoms with Crippen LogP contribution in [-0.4, -0.2) is 11.7 Å². The second kappa shape index (κ2) is 5.52. The molecule has 1 heterocycles. The Morgan fingerprint density at radius 1 is 1.25 bits per heavy atom. The van der Waals surface area contributed by atoms with Gasteiger partial charge >= 0.3 is 0 Å². The highest BCUT2D eigenvalue weighted by atomic mass is 35.5. The lowest BCUT2D eigenvalue weighted by Crippen LogP contribution is -2.33. The van der Waals surface area contributed by atoms with Gasteiger partial charge < -0.3 is 10.4 Å². The minimum atomic E-state index is -0.755. The van der Waals surface area contributed by atoms with Gasteiger partial charge in [0.1, 0.15) is 5.82 Å². The van der Waals surface area contributed by atoms with Crippen molar-refractivity contribution in [2.45, 2.75) is 18.6 Å². The molecule has 2 N–H and O–H groups in total. The van der Waals surface area contributed by atoms with Crippen LogP contribution in [0, 0.1) is 5.82 Å². The fourth-order valence-corrected chi connectivity index (χ4v) is 2.90. The van der Waals surface area contributed by atoms with E-state index in [2.05, 4.69) is 11.4 Å². The molecule has 4 heteroatoms. The van der Waals surface area contributed by atoms with E-state index in [1.165, 1.54) is 17.7 Å². The van der Waals surface area contributed by atoms with Crippen molar-refractivity contribution in [2.24, 2.45) is 0 Å². The van der Waals surface area contributed by atoms with Gasteiger partial charge in [0.25, 0.3) is 0 Å². The molecule has 0 saturated heterocycles. The van der Waals surface area contributed by atoms with Crippen molar-refractivity contribution in [2.75, 3.05) is 6.54 Å². The quantitative estimate of drug-likeness (QED) is 0.889. The highest BCUT2D eigenvalue weighted by molar-refractivity contribution is 6.30. The number of halogens is 2. The summed E-state index contributed by atoms with van der Waals surface area (Å²) < 4.78 is 13.2. The van der Waals surface area contributed by atoms with Gasteiger partial charge in [-0.2, -0.15) is 0 Å². The highest BCUT2D eigenvalue weighted by Gasteiger charge is 2.27. The van der Waals surface area contributed by atoms with E-state index in [0.29, 0.717) is 5.56 Å². The van der Waals surface area contributed by atoms with Crippen LogP contribution >= 0.6 is 11.6 Å². The number of hydrogen-bond acceptors (Lipinski definition) is 2. The molecule has 0 fully saturated rings. The summed E-state index contributed by atoms with van der Waals surface area (Å²) >= 11 is 5.79. The molecular formula is C16H15ClFNO. The predicted molar refractivity (Wildman–Crippen MR) is 77.3 cm³/mol. The van der Waals surface area contributed by atoms with Crippen LogP contribution in [0.4, 0.5) is 4.39 Å². The van der Waals surface area contributed by atoms with Crippen molar-refractivity contribution in [1.82, 2.24) is 5.32 Å². The number of nitrogens with one attached hydrogen (secondary N) is 1. The summed E-state index contributed by atoms with van der Waals surface area (Å²) in [6.45, 7) is 0.813. The smallest absolute Gasteiger partial charge is 0.141 e. The zero-order valence-corrected chi connectivity index (χ0v) is 11.6. The lowest BCUT2D eigenvalue weighted by Gasteiger charge is -2.31. The molecule has 0 amide bonds. The minimum Gasteiger partial charge on any atom is -0.386 e. The Bertz CT molecular complexity index is 632. The summed E-state index contributed by atoms with van der Waals surface area (Å²) in [7, 11) is 0. The summed E-state index contributed by atoms with van der Waals surface area (Å²) in [5.41, 5.74) is 2.95. The summed E-state index contributed by atoms with van der Waals surface area (Å²) in [5.74, 6) is -0.473. The maximum atomic E-state index is 13.2. The van der Waals surface area contributed by atoms with E-state index >= 15 is 0 Å². The van der Waals surface area contributed by atoms with Crippen molar-refractivity contribution in [3.8, 4) is 0 Å². The third-order valence-corrected chi connectivity index (χ3v) is 4.04. The Morgan fingerprint density at radius 3 is 2.85 bits per heavy atom. The molecule has 104 valence electrons. The van der Waals surface area contributed by atoms with Gasteiger partial charge in [-0.25, -0.2) is 4.39 Å². The van der Waals surface area contributed by atoms with Crippen LogP contribution in [0.25, 0.3) is 0 Å². The molecule has 0 bridgehead atoms. The second-order valence-corrected chi connectivity index (χ2v) is 5.41. The van der Waals surface area contributed by atoms with Gasteiger partial charge in [-0.1, -0.05) is 41.9 Å². The summed E-state index contributed by atoms with van der Waals surface area (Å²) in [6, 6.07) is 12.2. The number of fused-ring (bicyclic) bond motifs is 1. The summed E-state index contributed by atoms with van der Waals surface area (Å²) in [6.07, 6.45) is 0.193. The monoisotopic (exact) mass is 291 g/mol. The molecule has 2 aromatic rings. The Morgan fingerprint density at radius 2 is 2.05 bits per heavy atom. The fraction of sp³-hybridized carbons (Fsp3) is 0.250. The van der Waals surface area contributed by atoms with Gasteiger partial charge in [-0.3, -0.25) is 0 Å². The molecule has 0 radical (unpaired) electrons. The van der Waals surface area contributed by atoms with E-state index in [1.54, 1.807) is 6.07 Å². The van der Waals surface area contributed by atoms with Crippen LogP contribution in [0.2, 0.25) is 5.02 Å². The van der Waals surface area contributed by atoms with E-state index in [0.717, 1.165) is 18.5 Å². The number of rotatable bonds is 2. The Kier molecular flexibility index (Phi) is 3.74. The normalized spacial score (nSPS) is 19.4. The zero-order chi connectivity index (χ0) is 14.1. The molecular weight excluding hydrogens is 277 g/mol. The van der Waals surface area contributed by atoms with Crippen LogP contribution < -0.4 is 5.32 Å². The van der Waals surface area contributed by atoms with Crippen LogP contribution in [0.1, 0.15) is 28.8 Å².